The summed E-state index contributed by atoms with van der Waals surface area (Å²) >= 11 is 0. The van der Waals surface area contributed by atoms with Gasteiger partial charge in [0.05, 0.1) is 12.0 Å². The molecule has 1 N–H and O–H groups in total. The van der Waals surface area contributed by atoms with E-state index in [0.29, 0.717) is 0 Å². The Morgan fingerprint density at radius 1 is 1.37 bits per heavy atom. The van der Waals surface area contributed by atoms with Crippen molar-refractivity contribution in [2.75, 3.05) is 13.1 Å². The van der Waals surface area contributed by atoms with E-state index in [1.54, 1.807) is 11.1 Å². The van der Waals surface area contributed by atoms with Crippen LogP contribution < -0.4 is 5.32 Å². The fourth-order valence-electron chi connectivity index (χ4n) is 3.83. The molecule has 100 valence electrons. The van der Waals surface area contributed by atoms with E-state index in [1.807, 2.05) is 6.33 Å². The van der Waals surface area contributed by atoms with Gasteiger partial charge in [-0.1, -0.05) is 13.3 Å². The van der Waals surface area contributed by atoms with E-state index in [1.165, 1.54) is 30.5 Å². The van der Waals surface area contributed by atoms with Crippen LogP contribution in [0.1, 0.15) is 49.1 Å². The Balaban J connectivity index is 1.79. The summed E-state index contributed by atoms with van der Waals surface area (Å²) in [5, 5.41) is 3.57. The number of fused-ring (bicyclic) bond motifs is 7. The van der Waals surface area contributed by atoms with Gasteiger partial charge >= 0.3 is 0 Å². The van der Waals surface area contributed by atoms with Crippen LogP contribution in [-0.4, -0.2) is 22.6 Å². The van der Waals surface area contributed by atoms with Gasteiger partial charge in [-0.15, -0.1) is 0 Å². The summed E-state index contributed by atoms with van der Waals surface area (Å²) in [5.41, 5.74) is 5.79. The summed E-state index contributed by atoms with van der Waals surface area (Å²) < 4.78 is 2.27. The van der Waals surface area contributed by atoms with Gasteiger partial charge in [0, 0.05) is 31.4 Å². The van der Waals surface area contributed by atoms with E-state index in [4.69, 9.17) is 0 Å². The van der Waals surface area contributed by atoms with Crippen LogP contribution in [0.15, 0.2) is 18.6 Å². The molecule has 0 spiro atoms. The molecule has 2 aliphatic heterocycles. The molecule has 19 heavy (non-hydrogen) atoms. The van der Waals surface area contributed by atoms with E-state index >= 15 is 0 Å². The van der Waals surface area contributed by atoms with Crippen molar-refractivity contribution in [3.63, 3.8) is 0 Å². The van der Waals surface area contributed by atoms with Crippen LogP contribution in [0, 0.1) is 0 Å². The molecule has 2 atom stereocenters. The first-order valence-corrected chi connectivity index (χ1v) is 7.56. The number of unbranched alkanes of at least 4 members (excludes halogenated alkanes) is 1. The highest BCUT2D eigenvalue weighted by Crippen LogP contribution is 2.50. The highest BCUT2D eigenvalue weighted by atomic mass is 15.0. The van der Waals surface area contributed by atoms with Crippen LogP contribution in [0.2, 0.25) is 0 Å². The van der Waals surface area contributed by atoms with Gasteiger partial charge in [0.25, 0.3) is 0 Å². The third-order valence-electron chi connectivity index (χ3n) is 4.78. The average Bonchev–Trinajstić information content (AvgIpc) is 2.93. The molecule has 4 rings (SSSR count). The minimum absolute atomic E-state index is 0.718. The van der Waals surface area contributed by atoms with Crippen molar-refractivity contribution in [3.8, 4) is 11.3 Å². The number of hydrogen-bond acceptors (Lipinski definition) is 2. The molecule has 3 nitrogen and oxygen atoms in total. The van der Waals surface area contributed by atoms with E-state index in [9.17, 15) is 0 Å². The molecular weight excluding hydrogens is 234 g/mol. The van der Waals surface area contributed by atoms with Gasteiger partial charge in [-0.25, -0.2) is 4.98 Å². The van der Waals surface area contributed by atoms with Crippen LogP contribution in [0.25, 0.3) is 11.3 Å². The lowest BCUT2D eigenvalue weighted by Crippen LogP contribution is -2.29. The molecule has 1 fully saturated rings. The normalized spacial score (nSPS) is 24.9. The summed E-state index contributed by atoms with van der Waals surface area (Å²) in [6, 6.07) is 2.34. The highest BCUT2D eigenvalue weighted by molar-refractivity contribution is 5.73. The average molecular weight is 255 g/mol. The Morgan fingerprint density at radius 2 is 2.26 bits per heavy atom. The summed E-state index contributed by atoms with van der Waals surface area (Å²) in [4.78, 5) is 4.67. The van der Waals surface area contributed by atoms with Crippen molar-refractivity contribution >= 4 is 0 Å². The van der Waals surface area contributed by atoms with E-state index < -0.39 is 0 Å². The van der Waals surface area contributed by atoms with Gasteiger partial charge < -0.3 is 9.88 Å². The number of aryl methyl sites for hydroxylation is 1. The molecule has 2 aliphatic carbocycles. The second-order valence-corrected chi connectivity index (χ2v) is 6.07. The van der Waals surface area contributed by atoms with Crippen LogP contribution in [0.5, 0.6) is 0 Å². The molecule has 0 radical (unpaired) electrons. The maximum absolute atomic E-state index is 4.67. The van der Waals surface area contributed by atoms with Crippen LogP contribution >= 0.6 is 0 Å². The third kappa shape index (κ3) is 1.71. The second kappa shape index (κ2) is 4.34. The lowest BCUT2D eigenvalue weighted by Gasteiger charge is -2.21. The molecule has 2 unspecified atom stereocenters. The first kappa shape index (κ1) is 11.5. The summed E-state index contributed by atoms with van der Waals surface area (Å²) in [6.07, 6.45) is 8.14. The Morgan fingerprint density at radius 3 is 3.16 bits per heavy atom. The number of rotatable bonds is 3. The molecule has 0 saturated carbocycles. The summed E-state index contributed by atoms with van der Waals surface area (Å²) in [5.74, 6) is 1.45. The predicted octanol–water partition coefficient (Wildman–Crippen LogP) is 2.96. The molecular formula is C16H21N3. The Hall–Kier alpha value is -1.35. The van der Waals surface area contributed by atoms with E-state index in [-0.39, 0.29) is 0 Å². The Labute approximate surface area is 114 Å². The number of piperidine rings is 1. The lowest BCUT2D eigenvalue weighted by atomic mass is 9.95. The highest BCUT2D eigenvalue weighted by Gasteiger charge is 2.38. The third-order valence-corrected chi connectivity index (χ3v) is 4.78. The fourth-order valence-corrected chi connectivity index (χ4v) is 3.83. The quantitative estimate of drug-likeness (QED) is 0.914. The number of nitrogens with one attached hydrogen (secondary N) is 1. The number of nitrogens with zero attached hydrogens (tertiary/aromatic N) is 2. The standard InChI is InChI=1S/C16H21N3/c1-2-3-4-19-9-14-15(18-10-19)6-13-11-5-12(16(13)14)8-17-7-11/h6,9-12,17H,2-5,7-8H2,1H3. The van der Waals surface area contributed by atoms with Gasteiger partial charge in [0.15, 0.2) is 0 Å². The fraction of sp³-hybridized carbons (Fsp3) is 0.562. The van der Waals surface area contributed by atoms with Crippen molar-refractivity contribution in [2.24, 2.45) is 0 Å². The Bertz CT molecular complexity index is 572. The zero-order chi connectivity index (χ0) is 12.8. The van der Waals surface area contributed by atoms with Gasteiger partial charge in [-0.05, 0) is 41.9 Å². The smallest absolute Gasteiger partial charge is 0.0952 e. The monoisotopic (exact) mass is 255 g/mol. The van der Waals surface area contributed by atoms with Gasteiger partial charge in [0.2, 0.25) is 0 Å². The molecule has 4 aliphatic rings. The van der Waals surface area contributed by atoms with Crippen molar-refractivity contribution in [2.45, 2.75) is 44.6 Å². The first-order valence-electron chi connectivity index (χ1n) is 7.56. The van der Waals surface area contributed by atoms with Crippen molar-refractivity contribution in [3.05, 3.63) is 29.7 Å². The molecule has 3 heteroatoms. The maximum Gasteiger partial charge on any atom is 0.0952 e. The van der Waals surface area contributed by atoms with Crippen LogP contribution in [0.3, 0.4) is 0 Å². The van der Waals surface area contributed by atoms with Crippen molar-refractivity contribution in [1.82, 2.24) is 14.9 Å². The van der Waals surface area contributed by atoms with E-state index in [0.717, 1.165) is 31.5 Å². The zero-order valence-electron chi connectivity index (χ0n) is 11.5. The molecule has 0 aromatic carbocycles. The van der Waals surface area contributed by atoms with Gasteiger partial charge in [-0.3, -0.25) is 0 Å². The number of aromatic nitrogens is 2. The Kier molecular flexibility index (Phi) is 2.62. The minimum atomic E-state index is 0.718. The van der Waals surface area contributed by atoms with Crippen LogP contribution in [-0.2, 0) is 6.54 Å². The van der Waals surface area contributed by atoms with Crippen LogP contribution in [0.4, 0.5) is 0 Å². The molecule has 0 aromatic rings. The largest absolute Gasteiger partial charge is 0.338 e. The molecule has 0 aromatic heterocycles. The molecule has 0 amide bonds. The summed E-state index contributed by atoms with van der Waals surface area (Å²) in [7, 11) is 0. The van der Waals surface area contributed by atoms with Crippen molar-refractivity contribution < 1.29 is 0 Å². The molecule has 2 bridgehead atoms. The summed E-state index contributed by atoms with van der Waals surface area (Å²) in [6.45, 7) is 5.62. The zero-order valence-corrected chi connectivity index (χ0v) is 11.5. The van der Waals surface area contributed by atoms with Crippen molar-refractivity contribution in [1.29, 1.82) is 0 Å². The van der Waals surface area contributed by atoms with Gasteiger partial charge in [0.1, 0.15) is 0 Å². The van der Waals surface area contributed by atoms with E-state index in [2.05, 4.69) is 34.1 Å². The second-order valence-electron chi connectivity index (χ2n) is 6.07. The predicted molar refractivity (Wildman–Crippen MR) is 76.7 cm³/mol. The molecule has 2 heterocycles. The first-order chi connectivity index (χ1) is 9.36. The van der Waals surface area contributed by atoms with Gasteiger partial charge in [-0.2, -0.15) is 0 Å². The topological polar surface area (TPSA) is 29.9 Å². The molecule has 1 saturated heterocycles. The number of hydrogen-bond donors (Lipinski definition) is 1. The lowest BCUT2D eigenvalue weighted by molar-refractivity contribution is 0.453. The SMILES string of the molecule is CCCCn1cnc2cc3c(c-2c1)C1CNCC3C1. The minimum Gasteiger partial charge on any atom is -0.338 e. The maximum atomic E-state index is 4.67.